The van der Waals surface area contributed by atoms with Crippen molar-refractivity contribution in [1.82, 2.24) is 9.88 Å². The molecule has 0 aromatic carbocycles. The number of pyridine rings is 1. The molecule has 1 fully saturated rings. The van der Waals surface area contributed by atoms with Crippen LogP contribution in [0.3, 0.4) is 0 Å². The summed E-state index contributed by atoms with van der Waals surface area (Å²) in [6, 6.07) is 4.15. The summed E-state index contributed by atoms with van der Waals surface area (Å²) in [5.41, 5.74) is 1.56. The monoisotopic (exact) mass is 236 g/mol. The quantitative estimate of drug-likeness (QED) is 0.761. The highest BCUT2D eigenvalue weighted by Gasteiger charge is 2.26. The van der Waals surface area contributed by atoms with Crippen molar-refractivity contribution in [3.8, 4) is 0 Å². The molecular formula is C12H13ClN2O. The number of aromatic nitrogens is 1. The molecule has 1 aliphatic heterocycles. The molecule has 4 heteroatoms. The van der Waals surface area contributed by atoms with E-state index in [2.05, 4.69) is 16.9 Å². The molecule has 2 aromatic heterocycles. The third-order valence-corrected chi connectivity index (χ3v) is 3.53. The number of rotatable bonds is 1. The van der Waals surface area contributed by atoms with Gasteiger partial charge in [0.05, 0.1) is 11.1 Å². The molecule has 3 heterocycles. The minimum Gasteiger partial charge on any atom is -0.456 e. The number of furan rings is 1. The van der Waals surface area contributed by atoms with Gasteiger partial charge in [0.2, 0.25) is 0 Å². The van der Waals surface area contributed by atoms with E-state index in [1.165, 1.54) is 6.42 Å². The minimum absolute atomic E-state index is 0.380. The fraction of sp³-hybridized carbons (Fsp3) is 0.417. The van der Waals surface area contributed by atoms with Gasteiger partial charge in [0.1, 0.15) is 11.3 Å². The van der Waals surface area contributed by atoms with Crippen molar-refractivity contribution in [3.05, 3.63) is 29.1 Å². The largest absolute Gasteiger partial charge is 0.456 e. The van der Waals surface area contributed by atoms with Gasteiger partial charge in [-0.2, -0.15) is 0 Å². The molecule has 1 saturated heterocycles. The van der Waals surface area contributed by atoms with E-state index in [0.29, 0.717) is 16.6 Å². The lowest BCUT2D eigenvalue weighted by Gasteiger charge is -2.16. The first-order valence-corrected chi connectivity index (χ1v) is 5.87. The van der Waals surface area contributed by atoms with Crippen molar-refractivity contribution in [2.24, 2.45) is 0 Å². The van der Waals surface area contributed by atoms with Crippen molar-refractivity contribution >= 4 is 22.7 Å². The zero-order valence-corrected chi connectivity index (χ0v) is 9.87. The minimum atomic E-state index is 0.380. The van der Waals surface area contributed by atoms with Crippen LogP contribution in [-0.2, 0) is 0 Å². The van der Waals surface area contributed by atoms with Crippen LogP contribution in [0.1, 0.15) is 24.6 Å². The van der Waals surface area contributed by atoms with Crippen LogP contribution in [0.15, 0.2) is 22.7 Å². The van der Waals surface area contributed by atoms with Gasteiger partial charge in [-0.25, -0.2) is 0 Å². The van der Waals surface area contributed by atoms with E-state index in [1.54, 1.807) is 12.3 Å². The summed E-state index contributed by atoms with van der Waals surface area (Å²) in [5.74, 6) is 0.982. The second-order valence-electron chi connectivity index (χ2n) is 4.29. The zero-order valence-electron chi connectivity index (χ0n) is 9.11. The Bertz CT molecular complexity index is 523. The number of hydrogen-bond acceptors (Lipinski definition) is 3. The molecule has 0 bridgehead atoms. The van der Waals surface area contributed by atoms with E-state index < -0.39 is 0 Å². The second kappa shape index (κ2) is 3.75. The molecule has 0 amide bonds. The van der Waals surface area contributed by atoms with Crippen molar-refractivity contribution in [1.29, 1.82) is 0 Å². The maximum absolute atomic E-state index is 6.07. The van der Waals surface area contributed by atoms with Crippen molar-refractivity contribution < 1.29 is 4.42 Å². The van der Waals surface area contributed by atoms with Crippen LogP contribution < -0.4 is 0 Å². The van der Waals surface area contributed by atoms with Gasteiger partial charge >= 0.3 is 0 Å². The van der Waals surface area contributed by atoms with E-state index in [4.69, 9.17) is 16.0 Å². The van der Waals surface area contributed by atoms with Gasteiger partial charge in [0.15, 0.2) is 5.58 Å². The Morgan fingerprint density at radius 1 is 1.56 bits per heavy atom. The van der Waals surface area contributed by atoms with E-state index in [0.717, 1.165) is 24.2 Å². The van der Waals surface area contributed by atoms with Gasteiger partial charge in [0, 0.05) is 12.3 Å². The average Bonchev–Trinajstić information content (AvgIpc) is 2.84. The fourth-order valence-corrected chi connectivity index (χ4v) is 2.55. The Morgan fingerprint density at radius 3 is 3.12 bits per heavy atom. The SMILES string of the molecule is CN1CCCC1c1cc2nccc(Cl)c2o1. The standard InChI is InChI=1S/C12H13ClN2O/c1-15-6-2-3-10(15)11-7-9-12(16-11)8(13)4-5-14-9/h4-5,7,10H,2-3,6H2,1H3. The van der Waals surface area contributed by atoms with Crippen LogP contribution in [0.5, 0.6) is 0 Å². The van der Waals surface area contributed by atoms with E-state index in [-0.39, 0.29) is 0 Å². The molecule has 0 radical (unpaired) electrons. The second-order valence-corrected chi connectivity index (χ2v) is 4.70. The first-order chi connectivity index (χ1) is 7.75. The number of hydrogen-bond donors (Lipinski definition) is 0. The van der Waals surface area contributed by atoms with Crippen LogP contribution >= 0.6 is 11.6 Å². The molecule has 0 saturated carbocycles. The van der Waals surface area contributed by atoms with Crippen LogP contribution in [0.4, 0.5) is 0 Å². The predicted molar refractivity (Wildman–Crippen MR) is 63.6 cm³/mol. The molecule has 0 aliphatic carbocycles. The Balaban J connectivity index is 2.08. The van der Waals surface area contributed by atoms with E-state index >= 15 is 0 Å². The highest BCUT2D eigenvalue weighted by Crippen LogP contribution is 2.35. The van der Waals surface area contributed by atoms with E-state index in [9.17, 15) is 0 Å². The van der Waals surface area contributed by atoms with Gasteiger partial charge < -0.3 is 4.42 Å². The van der Waals surface area contributed by atoms with Gasteiger partial charge in [-0.05, 0) is 32.5 Å². The Kier molecular flexibility index (Phi) is 2.37. The first kappa shape index (κ1) is 10.1. The average molecular weight is 237 g/mol. The molecule has 1 aliphatic rings. The summed E-state index contributed by atoms with van der Waals surface area (Å²) in [4.78, 5) is 6.57. The number of likely N-dealkylation sites (tertiary alicyclic amines) is 1. The summed E-state index contributed by atoms with van der Waals surface area (Å²) in [6.45, 7) is 1.13. The smallest absolute Gasteiger partial charge is 0.171 e. The predicted octanol–water partition coefficient (Wildman–Crippen LogP) is 3.25. The van der Waals surface area contributed by atoms with Crippen molar-refractivity contribution in [2.75, 3.05) is 13.6 Å². The van der Waals surface area contributed by atoms with Crippen molar-refractivity contribution in [3.63, 3.8) is 0 Å². The molecule has 3 rings (SSSR count). The van der Waals surface area contributed by atoms with E-state index in [1.807, 2.05) is 6.07 Å². The molecule has 1 atom stereocenters. The first-order valence-electron chi connectivity index (χ1n) is 5.50. The van der Waals surface area contributed by atoms with Gasteiger partial charge in [-0.3, -0.25) is 9.88 Å². The van der Waals surface area contributed by atoms with Gasteiger partial charge in [-0.15, -0.1) is 0 Å². The highest BCUT2D eigenvalue weighted by atomic mass is 35.5. The molecule has 16 heavy (non-hydrogen) atoms. The van der Waals surface area contributed by atoms with Crippen LogP contribution in [0.2, 0.25) is 5.02 Å². The summed E-state index contributed by atoms with van der Waals surface area (Å²) >= 11 is 6.07. The maximum Gasteiger partial charge on any atom is 0.171 e. The summed E-state index contributed by atoms with van der Waals surface area (Å²) < 4.78 is 5.82. The summed E-state index contributed by atoms with van der Waals surface area (Å²) in [7, 11) is 2.12. The number of nitrogens with zero attached hydrogens (tertiary/aromatic N) is 2. The van der Waals surface area contributed by atoms with Crippen LogP contribution in [0, 0.1) is 0 Å². The summed E-state index contributed by atoms with van der Waals surface area (Å²) in [5, 5.41) is 0.636. The molecule has 0 spiro atoms. The lowest BCUT2D eigenvalue weighted by Crippen LogP contribution is -2.16. The van der Waals surface area contributed by atoms with Crippen molar-refractivity contribution in [2.45, 2.75) is 18.9 Å². The van der Waals surface area contributed by atoms with Crippen LogP contribution in [0.25, 0.3) is 11.1 Å². The lowest BCUT2D eigenvalue weighted by atomic mass is 10.2. The third kappa shape index (κ3) is 1.51. The van der Waals surface area contributed by atoms with Crippen LogP contribution in [-0.4, -0.2) is 23.5 Å². The van der Waals surface area contributed by atoms with Gasteiger partial charge in [0.25, 0.3) is 0 Å². The fourth-order valence-electron chi connectivity index (χ4n) is 2.36. The number of fused-ring (bicyclic) bond motifs is 1. The number of halogens is 1. The Hall–Kier alpha value is -1.06. The molecule has 2 aromatic rings. The highest BCUT2D eigenvalue weighted by molar-refractivity contribution is 6.34. The molecule has 3 nitrogen and oxygen atoms in total. The molecule has 1 unspecified atom stereocenters. The maximum atomic E-state index is 6.07. The summed E-state index contributed by atoms with van der Waals surface area (Å²) in [6.07, 6.45) is 4.08. The normalized spacial score (nSPS) is 22.0. The Labute approximate surface area is 99.0 Å². The third-order valence-electron chi connectivity index (χ3n) is 3.23. The molecular weight excluding hydrogens is 224 g/mol. The lowest BCUT2D eigenvalue weighted by molar-refractivity contribution is 0.281. The zero-order chi connectivity index (χ0) is 11.1. The molecule has 0 N–H and O–H groups in total. The molecule has 84 valence electrons. The topological polar surface area (TPSA) is 29.3 Å². The Morgan fingerprint density at radius 2 is 2.44 bits per heavy atom. The van der Waals surface area contributed by atoms with Gasteiger partial charge in [-0.1, -0.05) is 11.6 Å².